The Morgan fingerprint density at radius 2 is 2.00 bits per heavy atom. The normalized spacial score (nSPS) is 18.9. The van der Waals surface area contributed by atoms with Gasteiger partial charge in [-0.1, -0.05) is 28.1 Å². The minimum atomic E-state index is -0.703. The van der Waals surface area contributed by atoms with Gasteiger partial charge < -0.3 is 14.4 Å². The molecule has 5 heteroatoms. The van der Waals surface area contributed by atoms with Gasteiger partial charge in [0, 0.05) is 33.5 Å². The standard InChI is InChI=1S/C21H20BrNO3/c1-12-20(16-10-17(16)21(24)25)18-9-15(26-2)7-8-19(18)23(12)11-13-3-5-14(22)6-4-13/h3-9,16-17H,10-11H2,1-2H3,(H,24,25). The number of aromatic nitrogens is 1. The Labute approximate surface area is 160 Å². The third-order valence-electron chi connectivity index (χ3n) is 5.31. The molecule has 1 aromatic heterocycles. The zero-order chi connectivity index (χ0) is 18.4. The van der Waals surface area contributed by atoms with Crippen LogP contribution in [0, 0.1) is 12.8 Å². The fourth-order valence-corrected chi connectivity index (χ4v) is 4.11. The lowest BCUT2D eigenvalue weighted by Crippen LogP contribution is -2.03. The molecule has 0 amide bonds. The van der Waals surface area contributed by atoms with E-state index in [0.717, 1.165) is 38.9 Å². The molecule has 2 atom stereocenters. The molecule has 0 saturated heterocycles. The first-order valence-corrected chi connectivity index (χ1v) is 9.43. The van der Waals surface area contributed by atoms with Crippen LogP contribution in [0.5, 0.6) is 5.75 Å². The van der Waals surface area contributed by atoms with Gasteiger partial charge in [-0.3, -0.25) is 4.79 Å². The number of hydrogen-bond donors (Lipinski definition) is 1. The van der Waals surface area contributed by atoms with Crippen LogP contribution in [0.1, 0.15) is 29.2 Å². The summed E-state index contributed by atoms with van der Waals surface area (Å²) in [5.74, 6) is -0.0851. The van der Waals surface area contributed by atoms with E-state index in [2.05, 4.69) is 45.6 Å². The lowest BCUT2D eigenvalue weighted by Gasteiger charge is -2.09. The summed E-state index contributed by atoms with van der Waals surface area (Å²) in [5, 5.41) is 10.5. The van der Waals surface area contributed by atoms with Gasteiger partial charge in [-0.2, -0.15) is 0 Å². The van der Waals surface area contributed by atoms with E-state index >= 15 is 0 Å². The molecule has 4 rings (SSSR count). The molecule has 1 N–H and O–H groups in total. The average Bonchev–Trinajstić information content (AvgIpc) is 3.37. The Morgan fingerprint density at radius 1 is 1.27 bits per heavy atom. The van der Waals surface area contributed by atoms with Crippen LogP contribution in [-0.2, 0) is 11.3 Å². The average molecular weight is 414 g/mol. The Bertz CT molecular complexity index is 991. The number of methoxy groups -OCH3 is 1. The summed E-state index contributed by atoms with van der Waals surface area (Å²) in [6, 6.07) is 14.4. The van der Waals surface area contributed by atoms with Gasteiger partial charge in [0.25, 0.3) is 0 Å². The first-order chi connectivity index (χ1) is 12.5. The summed E-state index contributed by atoms with van der Waals surface area (Å²) < 4.78 is 8.74. The number of halogens is 1. The molecule has 0 aliphatic heterocycles. The number of aliphatic carboxylic acids is 1. The first-order valence-electron chi connectivity index (χ1n) is 8.63. The van der Waals surface area contributed by atoms with E-state index in [-0.39, 0.29) is 11.8 Å². The number of carboxylic acids is 1. The van der Waals surface area contributed by atoms with Crippen molar-refractivity contribution in [2.24, 2.45) is 5.92 Å². The third kappa shape index (κ3) is 2.90. The number of fused-ring (bicyclic) bond motifs is 1. The first kappa shape index (κ1) is 17.2. The van der Waals surface area contributed by atoms with Gasteiger partial charge >= 0.3 is 5.97 Å². The molecule has 0 radical (unpaired) electrons. The highest BCUT2D eigenvalue weighted by molar-refractivity contribution is 9.10. The molecule has 0 spiro atoms. The van der Waals surface area contributed by atoms with Gasteiger partial charge in [0.05, 0.1) is 13.0 Å². The predicted molar refractivity (Wildman–Crippen MR) is 105 cm³/mol. The Morgan fingerprint density at radius 3 is 2.62 bits per heavy atom. The van der Waals surface area contributed by atoms with Crippen LogP contribution in [0.3, 0.4) is 0 Å². The summed E-state index contributed by atoms with van der Waals surface area (Å²) in [7, 11) is 1.66. The lowest BCUT2D eigenvalue weighted by molar-refractivity contribution is -0.138. The lowest BCUT2D eigenvalue weighted by atomic mass is 10.0. The zero-order valence-electron chi connectivity index (χ0n) is 14.7. The monoisotopic (exact) mass is 413 g/mol. The summed E-state index contributed by atoms with van der Waals surface area (Å²) in [4.78, 5) is 11.4. The molecule has 2 unspecified atom stereocenters. The highest BCUT2D eigenvalue weighted by Gasteiger charge is 2.46. The number of carboxylic acid groups (broad SMARTS) is 1. The SMILES string of the molecule is COc1ccc2c(c1)c(C1CC1C(=O)O)c(C)n2Cc1ccc(Br)cc1. The Hall–Kier alpha value is -2.27. The van der Waals surface area contributed by atoms with Crippen molar-refractivity contribution < 1.29 is 14.6 Å². The van der Waals surface area contributed by atoms with Gasteiger partial charge in [-0.05, 0) is 54.8 Å². The van der Waals surface area contributed by atoms with Gasteiger partial charge in [0.15, 0.2) is 0 Å². The highest BCUT2D eigenvalue weighted by Crippen LogP contribution is 2.52. The summed E-state index contributed by atoms with van der Waals surface area (Å²) in [6.45, 7) is 2.85. The van der Waals surface area contributed by atoms with Crippen molar-refractivity contribution in [3.05, 3.63) is 63.8 Å². The fourth-order valence-electron chi connectivity index (χ4n) is 3.85. The molecular weight excluding hydrogens is 394 g/mol. The van der Waals surface area contributed by atoms with Crippen molar-refractivity contribution in [1.82, 2.24) is 4.57 Å². The van der Waals surface area contributed by atoms with Crippen molar-refractivity contribution in [1.29, 1.82) is 0 Å². The van der Waals surface area contributed by atoms with Crippen LogP contribution in [0.4, 0.5) is 0 Å². The van der Waals surface area contributed by atoms with Crippen molar-refractivity contribution >= 4 is 32.8 Å². The smallest absolute Gasteiger partial charge is 0.307 e. The second-order valence-corrected chi connectivity index (χ2v) is 7.80. The second kappa shape index (κ2) is 6.47. The van der Waals surface area contributed by atoms with E-state index < -0.39 is 5.97 Å². The summed E-state index contributed by atoms with van der Waals surface area (Å²) in [6.07, 6.45) is 0.713. The van der Waals surface area contributed by atoms with Gasteiger partial charge in [0.2, 0.25) is 0 Å². The van der Waals surface area contributed by atoms with Gasteiger partial charge in [0.1, 0.15) is 5.75 Å². The predicted octanol–water partition coefficient (Wildman–Crippen LogP) is 4.96. The van der Waals surface area contributed by atoms with Crippen LogP contribution in [0.15, 0.2) is 46.9 Å². The molecule has 1 heterocycles. The molecule has 1 aliphatic rings. The Balaban J connectivity index is 1.83. The van der Waals surface area contributed by atoms with Crippen molar-refractivity contribution in [3.63, 3.8) is 0 Å². The Kier molecular flexibility index (Phi) is 4.27. The van der Waals surface area contributed by atoms with Crippen LogP contribution in [-0.4, -0.2) is 22.8 Å². The van der Waals surface area contributed by atoms with E-state index in [0.29, 0.717) is 6.42 Å². The van der Waals surface area contributed by atoms with Gasteiger partial charge in [-0.25, -0.2) is 0 Å². The molecule has 2 aromatic carbocycles. The largest absolute Gasteiger partial charge is 0.497 e. The molecule has 26 heavy (non-hydrogen) atoms. The fraction of sp³-hybridized carbons (Fsp3) is 0.286. The maximum atomic E-state index is 11.4. The number of ether oxygens (including phenoxy) is 1. The van der Waals surface area contributed by atoms with Crippen LogP contribution in [0.2, 0.25) is 0 Å². The second-order valence-electron chi connectivity index (χ2n) is 6.88. The number of rotatable bonds is 5. The van der Waals surface area contributed by atoms with Gasteiger partial charge in [-0.15, -0.1) is 0 Å². The highest BCUT2D eigenvalue weighted by atomic mass is 79.9. The van der Waals surface area contributed by atoms with E-state index in [1.165, 1.54) is 5.56 Å². The third-order valence-corrected chi connectivity index (χ3v) is 5.84. The van der Waals surface area contributed by atoms with E-state index in [4.69, 9.17) is 4.74 Å². The number of hydrogen-bond acceptors (Lipinski definition) is 2. The van der Waals surface area contributed by atoms with E-state index in [1.54, 1.807) is 7.11 Å². The van der Waals surface area contributed by atoms with E-state index in [9.17, 15) is 9.90 Å². The van der Waals surface area contributed by atoms with Crippen molar-refractivity contribution in [2.45, 2.75) is 25.8 Å². The zero-order valence-corrected chi connectivity index (χ0v) is 16.3. The molecule has 3 aromatic rings. The minimum Gasteiger partial charge on any atom is -0.497 e. The number of benzene rings is 2. The summed E-state index contributed by atoms with van der Waals surface area (Å²) >= 11 is 3.48. The molecular formula is C21H20BrNO3. The minimum absolute atomic E-state index is 0.0910. The van der Waals surface area contributed by atoms with Crippen LogP contribution in [0.25, 0.3) is 10.9 Å². The number of carbonyl (C=O) groups is 1. The van der Waals surface area contributed by atoms with Crippen LogP contribution >= 0.6 is 15.9 Å². The topological polar surface area (TPSA) is 51.5 Å². The van der Waals surface area contributed by atoms with Crippen molar-refractivity contribution in [3.8, 4) is 5.75 Å². The molecule has 134 valence electrons. The summed E-state index contributed by atoms with van der Waals surface area (Å²) in [5.41, 5.74) is 4.63. The van der Waals surface area contributed by atoms with Crippen molar-refractivity contribution in [2.75, 3.05) is 7.11 Å². The molecule has 1 aliphatic carbocycles. The maximum Gasteiger partial charge on any atom is 0.307 e. The number of nitrogens with zero attached hydrogens (tertiary/aromatic N) is 1. The van der Waals surface area contributed by atoms with Crippen LogP contribution < -0.4 is 4.74 Å². The molecule has 1 saturated carbocycles. The molecule has 0 bridgehead atoms. The van der Waals surface area contributed by atoms with E-state index in [1.807, 2.05) is 24.3 Å². The molecule has 1 fully saturated rings. The quantitative estimate of drug-likeness (QED) is 0.642. The molecule has 4 nitrogen and oxygen atoms in total. The maximum absolute atomic E-state index is 11.4.